The van der Waals surface area contributed by atoms with E-state index >= 15 is 0 Å². The van der Waals surface area contributed by atoms with Crippen LogP contribution in [0.3, 0.4) is 0 Å². The molecule has 0 spiro atoms. The van der Waals surface area contributed by atoms with Gasteiger partial charge in [0.05, 0.1) is 4.91 Å². The molecule has 1 saturated heterocycles. The maximum atomic E-state index is 12.8. The van der Waals surface area contributed by atoms with E-state index in [-0.39, 0.29) is 12.5 Å². The van der Waals surface area contributed by atoms with Crippen molar-refractivity contribution in [1.29, 1.82) is 0 Å². The number of benzene rings is 2. The highest BCUT2D eigenvalue weighted by Crippen LogP contribution is 2.34. The zero-order valence-corrected chi connectivity index (χ0v) is 18.0. The summed E-state index contributed by atoms with van der Waals surface area (Å²) in [5.41, 5.74) is 3.09. The number of rotatable bonds is 7. The van der Waals surface area contributed by atoms with Gasteiger partial charge in [0, 0.05) is 35.8 Å². The Morgan fingerprint density at radius 1 is 1.06 bits per heavy atom. The number of thioether (sulfide) groups is 1. The molecule has 0 radical (unpaired) electrons. The minimum absolute atomic E-state index is 0.252. The largest absolute Gasteiger partial charge is 0.355 e. The van der Waals surface area contributed by atoms with Gasteiger partial charge in [0.1, 0.15) is 6.54 Å². The molecule has 7 heteroatoms. The predicted octanol–water partition coefficient (Wildman–Crippen LogP) is 4.25. The van der Waals surface area contributed by atoms with Crippen molar-refractivity contribution < 1.29 is 14.4 Å². The Hall–Kier alpha value is -3.32. The maximum Gasteiger partial charge on any atom is 0.294 e. The number of carbonyl (C=O) groups excluding carboxylic acids is 3. The molecule has 1 aliphatic heterocycles. The van der Waals surface area contributed by atoms with E-state index < -0.39 is 11.1 Å². The molecule has 158 valence electrons. The van der Waals surface area contributed by atoms with Crippen LogP contribution in [0.25, 0.3) is 17.0 Å². The molecule has 0 bridgehead atoms. The quantitative estimate of drug-likeness (QED) is 0.566. The Morgan fingerprint density at radius 2 is 1.81 bits per heavy atom. The molecule has 2 heterocycles. The fraction of sp³-hybridized carbons (Fsp3) is 0.208. The number of hydrogen-bond acceptors (Lipinski definition) is 4. The van der Waals surface area contributed by atoms with E-state index in [2.05, 4.69) is 22.0 Å². The summed E-state index contributed by atoms with van der Waals surface area (Å²) < 4.78 is 2.14. The number of amides is 3. The van der Waals surface area contributed by atoms with Gasteiger partial charge in [-0.05, 0) is 35.9 Å². The smallest absolute Gasteiger partial charge is 0.294 e. The molecule has 1 N–H and O–H groups in total. The topological polar surface area (TPSA) is 71.4 Å². The van der Waals surface area contributed by atoms with Gasteiger partial charge in [0.2, 0.25) is 5.91 Å². The average Bonchev–Trinajstić information content (AvgIpc) is 3.25. The van der Waals surface area contributed by atoms with Gasteiger partial charge in [-0.15, -0.1) is 0 Å². The van der Waals surface area contributed by atoms with Crippen molar-refractivity contribution in [2.75, 3.05) is 13.1 Å². The molecule has 1 fully saturated rings. The number of nitrogens with one attached hydrogen (secondary N) is 1. The molecule has 0 saturated carbocycles. The highest BCUT2D eigenvalue weighted by molar-refractivity contribution is 8.18. The molecule has 4 rings (SSSR count). The summed E-state index contributed by atoms with van der Waals surface area (Å²) in [6.45, 7) is 2.91. The minimum Gasteiger partial charge on any atom is -0.355 e. The summed E-state index contributed by atoms with van der Waals surface area (Å²) >= 11 is 0.874. The van der Waals surface area contributed by atoms with Gasteiger partial charge in [0.15, 0.2) is 0 Å². The number of para-hydroxylation sites is 1. The normalized spacial score (nSPS) is 15.3. The fourth-order valence-electron chi connectivity index (χ4n) is 3.54. The molecule has 2 aromatic carbocycles. The summed E-state index contributed by atoms with van der Waals surface area (Å²) in [4.78, 5) is 38.4. The minimum atomic E-state index is -0.429. The van der Waals surface area contributed by atoms with E-state index in [1.54, 1.807) is 6.08 Å². The first-order chi connectivity index (χ1) is 15.1. The number of aromatic nitrogens is 1. The lowest BCUT2D eigenvalue weighted by atomic mass is 10.1. The van der Waals surface area contributed by atoms with Crippen LogP contribution in [0.1, 0.15) is 24.5 Å². The van der Waals surface area contributed by atoms with E-state index in [9.17, 15) is 14.4 Å². The molecule has 0 unspecified atom stereocenters. The van der Waals surface area contributed by atoms with Crippen molar-refractivity contribution in [1.82, 2.24) is 14.8 Å². The Morgan fingerprint density at radius 3 is 2.58 bits per heavy atom. The lowest BCUT2D eigenvalue weighted by molar-refractivity contribution is -0.129. The third-order valence-corrected chi connectivity index (χ3v) is 5.96. The number of hydrogen-bond donors (Lipinski definition) is 1. The molecular weight excluding hydrogens is 410 g/mol. The number of carbonyl (C=O) groups is 3. The van der Waals surface area contributed by atoms with Crippen LogP contribution in [0.4, 0.5) is 4.79 Å². The van der Waals surface area contributed by atoms with Crippen LogP contribution in [-0.2, 0) is 16.1 Å². The number of fused-ring (bicyclic) bond motifs is 1. The SMILES string of the molecule is CCCNC(=O)CN1C(=O)S/C(=C\c2cn(Cc3ccccc3)c3ccccc23)C1=O. The third kappa shape index (κ3) is 4.56. The van der Waals surface area contributed by atoms with Crippen molar-refractivity contribution in [3.8, 4) is 0 Å². The van der Waals surface area contributed by atoms with E-state index in [0.29, 0.717) is 18.0 Å². The number of imide groups is 1. The van der Waals surface area contributed by atoms with Crippen molar-refractivity contribution in [2.45, 2.75) is 19.9 Å². The summed E-state index contributed by atoms with van der Waals surface area (Å²) in [7, 11) is 0. The van der Waals surface area contributed by atoms with Crippen LogP contribution in [0.15, 0.2) is 65.7 Å². The lowest BCUT2D eigenvalue weighted by Gasteiger charge is -2.11. The van der Waals surface area contributed by atoms with Crippen LogP contribution in [0.2, 0.25) is 0 Å². The van der Waals surface area contributed by atoms with Gasteiger partial charge in [-0.3, -0.25) is 19.3 Å². The molecule has 31 heavy (non-hydrogen) atoms. The first kappa shape index (κ1) is 20.9. The van der Waals surface area contributed by atoms with E-state index in [1.165, 1.54) is 5.56 Å². The predicted molar refractivity (Wildman–Crippen MR) is 123 cm³/mol. The van der Waals surface area contributed by atoms with Gasteiger partial charge in [-0.2, -0.15) is 0 Å². The summed E-state index contributed by atoms with van der Waals surface area (Å²) in [5, 5.41) is 3.28. The molecule has 0 atom stereocenters. The molecule has 6 nitrogen and oxygen atoms in total. The highest BCUT2D eigenvalue weighted by Gasteiger charge is 2.36. The van der Waals surface area contributed by atoms with Crippen molar-refractivity contribution in [3.05, 3.63) is 76.8 Å². The van der Waals surface area contributed by atoms with E-state index in [4.69, 9.17) is 0 Å². The summed E-state index contributed by atoms with van der Waals surface area (Å²) in [6, 6.07) is 18.1. The van der Waals surface area contributed by atoms with E-state index in [1.807, 2.05) is 55.6 Å². The Bertz CT molecular complexity index is 1170. The second kappa shape index (κ2) is 9.22. The van der Waals surface area contributed by atoms with E-state index in [0.717, 1.165) is 39.5 Å². The van der Waals surface area contributed by atoms with Gasteiger partial charge in [0.25, 0.3) is 11.1 Å². The first-order valence-electron chi connectivity index (χ1n) is 10.2. The number of nitrogens with zero attached hydrogens (tertiary/aromatic N) is 2. The van der Waals surface area contributed by atoms with Gasteiger partial charge >= 0.3 is 0 Å². The zero-order valence-electron chi connectivity index (χ0n) is 17.2. The molecule has 1 aliphatic rings. The monoisotopic (exact) mass is 433 g/mol. The zero-order chi connectivity index (χ0) is 21.8. The Kier molecular flexibility index (Phi) is 6.23. The first-order valence-corrected chi connectivity index (χ1v) is 11.0. The van der Waals surface area contributed by atoms with Gasteiger partial charge in [-0.1, -0.05) is 55.5 Å². The summed E-state index contributed by atoms with van der Waals surface area (Å²) in [5.74, 6) is -0.758. The van der Waals surface area contributed by atoms with Crippen LogP contribution >= 0.6 is 11.8 Å². The van der Waals surface area contributed by atoms with Crippen LogP contribution in [0, 0.1) is 0 Å². The Balaban J connectivity index is 1.61. The lowest BCUT2D eigenvalue weighted by Crippen LogP contribution is -2.39. The van der Waals surface area contributed by atoms with Crippen molar-refractivity contribution in [2.24, 2.45) is 0 Å². The second-order valence-corrected chi connectivity index (χ2v) is 8.33. The summed E-state index contributed by atoms with van der Waals surface area (Å²) in [6.07, 6.45) is 4.54. The molecule has 0 aliphatic carbocycles. The van der Waals surface area contributed by atoms with Crippen molar-refractivity contribution in [3.63, 3.8) is 0 Å². The van der Waals surface area contributed by atoms with Gasteiger partial charge in [-0.25, -0.2) is 0 Å². The Labute approximate surface area is 184 Å². The van der Waals surface area contributed by atoms with Crippen LogP contribution in [0.5, 0.6) is 0 Å². The fourth-order valence-corrected chi connectivity index (χ4v) is 4.37. The molecular formula is C24H23N3O3S. The molecule has 3 amide bonds. The third-order valence-electron chi connectivity index (χ3n) is 5.05. The average molecular weight is 434 g/mol. The molecule has 3 aromatic rings. The maximum absolute atomic E-state index is 12.8. The van der Waals surface area contributed by atoms with Crippen LogP contribution < -0.4 is 5.32 Å². The molecule has 1 aromatic heterocycles. The van der Waals surface area contributed by atoms with Gasteiger partial charge < -0.3 is 9.88 Å². The van der Waals surface area contributed by atoms with Crippen LogP contribution in [-0.4, -0.2) is 39.6 Å². The highest BCUT2D eigenvalue weighted by atomic mass is 32.2. The second-order valence-electron chi connectivity index (χ2n) is 7.33. The van der Waals surface area contributed by atoms with Crippen molar-refractivity contribution >= 4 is 45.8 Å². The standard InChI is InChI=1S/C24H23N3O3S/c1-2-12-25-22(28)16-27-23(29)21(31-24(27)30)13-18-15-26(14-17-8-4-3-5-9-17)20-11-7-6-10-19(18)20/h3-11,13,15H,2,12,14,16H2,1H3,(H,25,28)/b21-13-.